The van der Waals surface area contributed by atoms with Gasteiger partial charge in [0.25, 0.3) is 0 Å². The summed E-state index contributed by atoms with van der Waals surface area (Å²) in [6.45, 7) is 8.22. The molecule has 0 aliphatic carbocycles. The zero-order valence-corrected chi connectivity index (χ0v) is 13.6. The Kier molecular flexibility index (Phi) is 5.88. The Morgan fingerprint density at radius 2 is 1.90 bits per heavy atom. The van der Waals surface area contributed by atoms with Crippen LogP contribution in [-0.4, -0.2) is 48.1 Å². The van der Waals surface area contributed by atoms with Crippen molar-refractivity contribution in [2.45, 2.75) is 32.7 Å². The molecular formula is C16H24ClN3O. The van der Waals surface area contributed by atoms with Crippen LogP contribution in [0.4, 0.5) is 10.5 Å². The molecule has 21 heavy (non-hydrogen) atoms. The highest BCUT2D eigenvalue weighted by atomic mass is 35.5. The number of likely N-dealkylation sites (tertiary alicyclic amines) is 1. The fourth-order valence-corrected chi connectivity index (χ4v) is 2.84. The summed E-state index contributed by atoms with van der Waals surface area (Å²) < 4.78 is 0. The fourth-order valence-electron chi connectivity index (χ4n) is 2.66. The maximum absolute atomic E-state index is 12.2. The lowest BCUT2D eigenvalue weighted by Crippen LogP contribution is -2.62. The van der Waals surface area contributed by atoms with Crippen molar-refractivity contribution in [2.24, 2.45) is 0 Å². The molecular weight excluding hydrogens is 286 g/mol. The lowest BCUT2D eigenvalue weighted by molar-refractivity contribution is 0.0614. The van der Waals surface area contributed by atoms with Crippen molar-refractivity contribution in [3.05, 3.63) is 29.3 Å². The highest BCUT2D eigenvalue weighted by molar-refractivity contribution is 6.33. The maximum atomic E-state index is 12.2. The summed E-state index contributed by atoms with van der Waals surface area (Å²) in [6.07, 6.45) is 2.31. The molecule has 1 aliphatic rings. The van der Waals surface area contributed by atoms with Crippen LogP contribution in [0.2, 0.25) is 5.02 Å². The van der Waals surface area contributed by atoms with Crippen LogP contribution < -0.4 is 5.32 Å². The Balaban J connectivity index is 1.83. The Bertz CT molecular complexity index is 468. The van der Waals surface area contributed by atoms with Crippen molar-refractivity contribution in [3.8, 4) is 0 Å². The van der Waals surface area contributed by atoms with Gasteiger partial charge in [-0.15, -0.1) is 0 Å². The van der Waals surface area contributed by atoms with Gasteiger partial charge in [0, 0.05) is 19.1 Å². The molecule has 0 bridgehead atoms. The number of carbonyl (C=O) groups excluding carboxylic acids is 1. The number of halogens is 1. The van der Waals surface area contributed by atoms with Gasteiger partial charge in [-0.2, -0.15) is 0 Å². The molecule has 4 nitrogen and oxygen atoms in total. The van der Waals surface area contributed by atoms with Crippen molar-refractivity contribution < 1.29 is 4.79 Å². The summed E-state index contributed by atoms with van der Waals surface area (Å²) in [6, 6.07) is 7.75. The van der Waals surface area contributed by atoms with Crippen molar-refractivity contribution >= 4 is 23.3 Å². The van der Waals surface area contributed by atoms with Crippen molar-refractivity contribution in [1.29, 1.82) is 0 Å². The van der Waals surface area contributed by atoms with Gasteiger partial charge in [0.2, 0.25) is 0 Å². The molecule has 1 aromatic rings. The molecule has 0 aromatic heterocycles. The third-order valence-electron chi connectivity index (χ3n) is 3.80. The summed E-state index contributed by atoms with van der Waals surface area (Å²) >= 11 is 6.05. The Labute approximate surface area is 132 Å². The molecule has 2 rings (SSSR count). The monoisotopic (exact) mass is 309 g/mol. The van der Waals surface area contributed by atoms with Crippen LogP contribution in [0.25, 0.3) is 0 Å². The highest BCUT2D eigenvalue weighted by Crippen LogP contribution is 2.22. The molecule has 0 spiro atoms. The van der Waals surface area contributed by atoms with E-state index in [0.717, 1.165) is 39.0 Å². The first kappa shape index (κ1) is 16.1. The van der Waals surface area contributed by atoms with Gasteiger partial charge in [-0.1, -0.05) is 37.6 Å². The number of hydrogen-bond acceptors (Lipinski definition) is 2. The normalized spacial score (nSPS) is 15.1. The average molecular weight is 310 g/mol. The van der Waals surface area contributed by atoms with Gasteiger partial charge in [0.1, 0.15) is 0 Å². The SMILES string of the molecule is CCCN(CCC)C1CN(C(=O)Nc2ccccc2Cl)C1. The van der Waals surface area contributed by atoms with E-state index >= 15 is 0 Å². The van der Waals surface area contributed by atoms with E-state index in [4.69, 9.17) is 11.6 Å². The summed E-state index contributed by atoms with van der Waals surface area (Å²) in [7, 11) is 0. The van der Waals surface area contributed by atoms with E-state index in [1.807, 2.05) is 23.1 Å². The zero-order valence-electron chi connectivity index (χ0n) is 12.8. The van der Waals surface area contributed by atoms with Gasteiger partial charge in [0.05, 0.1) is 10.7 Å². The molecule has 2 amide bonds. The number of nitrogens with one attached hydrogen (secondary N) is 1. The number of amides is 2. The molecule has 1 heterocycles. The lowest BCUT2D eigenvalue weighted by atomic mass is 10.1. The van der Waals surface area contributed by atoms with Crippen molar-refractivity contribution in [2.75, 3.05) is 31.5 Å². The third-order valence-corrected chi connectivity index (χ3v) is 4.13. The quantitative estimate of drug-likeness (QED) is 0.870. The van der Waals surface area contributed by atoms with Crippen LogP contribution in [-0.2, 0) is 0 Å². The fraction of sp³-hybridized carbons (Fsp3) is 0.562. The molecule has 116 valence electrons. The summed E-state index contributed by atoms with van der Waals surface area (Å²) in [5, 5.41) is 3.44. The second-order valence-electron chi connectivity index (χ2n) is 5.50. The molecule has 0 atom stereocenters. The van der Waals surface area contributed by atoms with Gasteiger partial charge in [0.15, 0.2) is 0 Å². The maximum Gasteiger partial charge on any atom is 0.321 e. The molecule has 1 aliphatic heterocycles. The number of rotatable bonds is 6. The Morgan fingerprint density at radius 1 is 1.29 bits per heavy atom. The van der Waals surface area contributed by atoms with Gasteiger partial charge in [-0.05, 0) is 38.1 Å². The van der Waals surface area contributed by atoms with Crippen LogP contribution in [0.3, 0.4) is 0 Å². The summed E-state index contributed by atoms with van der Waals surface area (Å²) in [5.74, 6) is 0. The highest BCUT2D eigenvalue weighted by Gasteiger charge is 2.34. The number of urea groups is 1. The third kappa shape index (κ3) is 4.11. The van der Waals surface area contributed by atoms with E-state index in [2.05, 4.69) is 24.1 Å². The lowest BCUT2D eigenvalue weighted by Gasteiger charge is -2.45. The van der Waals surface area contributed by atoms with E-state index in [1.165, 1.54) is 0 Å². The smallest absolute Gasteiger partial charge is 0.321 e. The minimum absolute atomic E-state index is 0.0627. The molecule has 1 N–H and O–H groups in total. The van der Waals surface area contributed by atoms with Gasteiger partial charge in [-0.25, -0.2) is 4.79 Å². The number of anilines is 1. The van der Waals surface area contributed by atoms with Crippen LogP contribution >= 0.6 is 11.6 Å². The van der Waals surface area contributed by atoms with Crippen LogP contribution in [0, 0.1) is 0 Å². The number of nitrogens with zero attached hydrogens (tertiary/aromatic N) is 2. The Hall–Kier alpha value is -1.26. The van der Waals surface area contributed by atoms with E-state index < -0.39 is 0 Å². The molecule has 1 fully saturated rings. The van der Waals surface area contributed by atoms with Crippen LogP contribution in [0.1, 0.15) is 26.7 Å². The van der Waals surface area contributed by atoms with Gasteiger partial charge >= 0.3 is 6.03 Å². The molecule has 1 saturated heterocycles. The van der Waals surface area contributed by atoms with Crippen LogP contribution in [0.5, 0.6) is 0 Å². The summed E-state index contributed by atoms with van der Waals surface area (Å²) in [5.41, 5.74) is 0.673. The minimum atomic E-state index is -0.0627. The predicted molar refractivity (Wildman–Crippen MR) is 88.0 cm³/mol. The van der Waals surface area contributed by atoms with Crippen molar-refractivity contribution in [3.63, 3.8) is 0 Å². The molecule has 0 unspecified atom stereocenters. The Morgan fingerprint density at radius 3 is 2.48 bits per heavy atom. The topological polar surface area (TPSA) is 35.6 Å². The van der Waals surface area contributed by atoms with E-state index in [-0.39, 0.29) is 6.03 Å². The van der Waals surface area contributed by atoms with Crippen LogP contribution in [0.15, 0.2) is 24.3 Å². The minimum Gasteiger partial charge on any atom is -0.321 e. The number of para-hydroxylation sites is 1. The summed E-state index contributed by atoms with van der Waals surface area (Å²) in [4.78, 5) is 16.5. The zero-order chi connectivity index (χ0) is 15.2. The second kappa shape index (κ2) is 7.66. The molecule has 1 aromatic carbocycles. The van der Waals surface area contributed by atoms with E-state index in [1.54, 1.807) is 6.07 Å². The largest absolute Gasteiger partial charge is 0.321 e. The molecule has 0 radical (unpaired) electrons. The first-order valence-corrected chi connectivity index (χ1v) is 8.08. The average Bonchev–Trinajstić information content (AvgIpc) is 2.40. The number of carbonyl (C=O) groups is 1. The van der Waals surface area contributed by atoms with E-state index in [0.29, 0.717) is 16.8 Å². The number of hydrogen-bond donors (Lipinski definition) is 1. The van der Waals surface area contributed by atoms with E-state index in [9.17, 15) is 4.79 Å². The molecule has 5 heteroatoms. The van der Waals surface area contributed by atoms with Gasteiger partial charge < -0.3 is 10.2 Å². The second-order valence-corrected chi connectivity index (χ2v) is 5.91. The first-order valence-electron chi connectivity index (χ1n) is 7.70. The number of benzene rings is 1. The van der Waals surface area contributed by atoms with Gasteiger partial charge in [-0.3, -0.25) is 4.90 Å². The standard InChI is InChI=1S/C16H24ClN3O/c1-3-9-19(10-4-2)13-11-20(12-13)16(21)18-15-8-6-5-7-14(15)17/h5-8,13H,3-4,9-12H2,1-2H3,(H,18,21). The first-order chi connectivity index (χ1) is 10.2. The predicted octanol–water partition coefficient (Wildman–Crippen LogP) is 3.68. The molecule has 0 saturated carbocycles. The van der Waals surface area contributed by atoms with Crippen molar-refractivity contribution in [1.82, 2.24) is 9.80 Å².